The van der Waals surface area contributed by atoms with Gasteiger partial charge in [0.15, 0.2) is 0 Å². The molecule has 1 nitrogen and oxygen atoms in total. The zero-order valence-electron chi connectivity index (χ0n) is 5.69. The number of rotatable bonds is 1. The van der Waals surface area contributed by atoms with E-state index in [1.54, 1.807) is 22.6 Å². The van der Waals surface area contributed by atoms with Gasteiger partial charge in [0.2, 0.25) is 0 Å². The number of phenolic OH excluding ortho intramolecular Hbond substituents is 1. The Kier molecular flexibility index (Phi) is 2.81. The summed E-state index contributed by atoms with van der Waals surface area (Å²) in [7, 11) is 0. The van der Waals surface area contributed by atoms with Crippen LogP contribution < -0.4 is 0 Å². The summed E-state index contributed by atoms with van der Waals surface area (Å²) in [5, 5.41) is 8.86. The van der Waals surface area contributed by atoms with E-state index in [2.05, 4.69) is 0 Å². The van der Waals surface area contributed by atoms with Crippen LogP contribution in [0, 0.1) is 9.39 Å². The van der Waals surface area contributed by atoms with Gasteiger partial charge in [0, 0.05) is 0 Å². The predicted octanol–water partition coefficient (Wildman–Crippen LogP) is 3.07. The number of benzene rings is 1. The van der Waals surface area contributed by atoms with Crippen LogP contribution in [0.5, 0.6) is 5.75 Å². The van der Waals surface area contributed by atoms with Crippen molar-refractivity contribution in [2.24, 2.45) is 0 Å². The van der Waals surface area contributed by atoms with E-state index < -0.39 is 17.8 Å². The number of phenols is 1. The van der Waals surface area contributed by atoms with E-state index in [1.807, 2.05) is 0 Å². The molecule has 12 heavy (non-hydrogen) atoms. The van der Waals surface area contributed by atoms with Crippen molar-refractivity contribution in [2.75, 3.05) is 0 Å². The van der Waals surface area contributed by atoms with Gasteiger partial charge in [-0.2, -0.15) is 0 Å². The number of hydrogen-bond acceptors (Lipinski definition) is 1. The molecule has 0 radical (unpaired) electrons. The van der Waals surface area contributed by atoms with Gasteiger partial charge in [-0.1, -0.05) is 0 Å². The molecule has 0 aliphatic rings. The second kappa shape index (κ2) is 3.51. The largest absolute Gasteiger partial charge is 0.508 e. The summed E-state index contributed by atoms with van der Waals surface area (Å²) < 4.78 is 36.9. The molecule has 66 valence electrons. The van der Waals surface area contributed by atoms with Crippen molar-refractivity contribution in [1.82, 2.24) is 0 Å². The molecule has 0 saturated heterocycles. The maximum absolute atomic E-state index is 12.8. The molecule has 0 bridgehead atoms. The summed E-state index contributed by atoms with van der Waals surface area (Å²) in [4.78, 5) is 0. The van der Waals surface area contributed by atoms with Crippen LogP contribution in [0.3, 0.4) is 0 Å². The Hall–Kier alpha value is -0.460. The molecule has 0 atom stereocenters. The third-order valence-corrected chi connectivity index (χ3v) is 2.06. The maximum Gasteiger partial charge on any atom is 0.266 e. The number of aromatic hydroxyl groups is 1. The van der Waals surface area contributed by atoms with Gasteiger partial charge in [0.1, 0.15) is 11.6 Å². The second-order valence-electron chi connectivity index (χ2n) is 2.13. The van der Waals surface area contributed by atoms with E-state index in [9.17, 15) is 13.2 Å². The molecule has 0 saturated carbocycles. The van der Waals surface area contributed by atoms with Crippen molar-refractivity contribution >= 4 is 22.6 Å². The minimum absolute atomic E-state index is 0.0112. The van der Waals surface area contributed by atoms with Gasteiger partial charge in [-0.3, -0.25) is 0 Å². The zero-order valence-corrected chi connectivity index (χ0v) is 7.85. The molecule has 0 heterocycles. The highest BCUT2D eigenvalue weighted by atomic mass is 127. The third-order valence-electron chi connectivity index (χ3n) is 1.28. The van der Waals surface area contributed by atoms with Crippen molar-refractivity contribution in [2.45, 2.75) is 6.43 Å². The average Bonchev–Trinajstić information content (AvgIpc) is 1.96. The predicted molar refractivity (Wildman–Crippen MR) is 45.7 cm³/mol. The van der Waals surface area contributed by atoms with Crippen molar-refractivity contribution < 1.29 is 18.3 Å². The highest BCUT2D eigenvalue weighted by Gasteiger charge is 2.16. The minimum Gasteiger partial charge on any atom is -0.508 e. The standard InChI is InChI=1S/C7H4F3IO/c8-6-4(7(9)10)1-3(12)2-5(6)11/h1-2,7,12H. The van der Waals surface area contributed by atoms with Gasteiger partial charge in [-0.05, 0) is 34.7 Å². The molecule has 0 fully saturated rings. The fourth-order valence-corrected chi connectivity index (χ4v) is 1.38. The number of halogens is 4. The smallest absolute Gasteiger partial charge is 0.266 e. The fourth-order valence-electron chi connectivity index (χ4n) is 0.754. The van der Waals surface area contributed by atoms with Gasteiger partial charge in [-0.25, -0.2) is 13.2 Å². The van der Waals surface area contributed by atoms with Crippen molar-refractivity contribution in [3.63, 3.8) is 0 Å². The quantitative estimate of drug-likeness (QED) is 0.787. The zero-order chi connectivity index (χ0) is 9.30. The lowest BCUT2D eigenvalue weighted by Gasteiger charge is -2.03. The highest BCUT2D eigenvalue weighted by Crippen LogP contribution is 2.28. The van der Waals surface area contributed by atoms with Crippen molar-refractivity contribution in [3.8, 4) is 5.75 Å². The molecule has 0 aromatic heterocycles. The van der Waals surface area contributed by atoms with Crippen LogP contribution >= 0.6 is 22.6 Å². The Morgan fingerprint density at radius 2 is 1.92 bits per heavy atom. The monoisotopic (exact) mass is 288 g/mol. The molecule has 0 spiro atoms. The van der Waals surface area contributed by atoms with Gasteiger partial charge >= 0.3 is 0 Å². The van der Waals surface area contributed by atoms with Crippen LogP contribution in [0.25, 0.3) is 0 Å². The van der Waals surface area contributed by atoms with Crippen molar-refractivity contribution in [3.05, 3.63) is 27.1 Å². The molecule has 0 aliphatic heterocycles. The molecule has 0 aliphatic carbocycles. The Balaban J connectivity index is 3.28. The minimum atomic E-state index is -2.90. The summed E-state index contributed by atoms with van der Waals surface area (Å²) in [5.74, 6) is -1.32. The van der Waals surface area contributed by atoms with Crippen molar-refractivity contribution in [1.29, 1.82) is 0 Å². The molecule has 1 aromatic rings. The first kappa shape index (κ1) is 9.63. The summed E-state index contributed by atoms with van der Waals surface area (Å²) in [6.07, 6.45) is -2.90. The van der Waals surface area contributed by atoms with E-state index in [0.29, 0.717) is 0 Å². The first-order valence-corrected chi connectivity index (χ1v) is 4.06. The average molecular weight is 288 g/mol. The molecule has 1 rings (SSSR count). The van der Waals surface area contributed by atoms with Crippen LogP contribution in [-0.2, 0) is 0 Å². The van der Waals surface area contributed by atoms with Gasteiger partial charge < -0.3 is 5.11 Å². The van der Waals surface area contributed by atoms with E-state index in [0.717, 1.165) is 12.1 Å². The summed E-state index contributed by atoms with van der Waals surface area (Å²) >= 11 is 1.54. The maximum atomic E-state index is 12.8. The topological polar surface area (TPSA) is 20.2 Å². The van der Waals surface area contributed by atoms with E-state index in [4.69, 9.17) is 5.11 Å². The Bertz CT molecular complexity index is 301. The van der Waals surface area contributed by atoms with Gasteiger partial charge in [-0.15, -0.1) is 0 Å². The Morgan fingerprint density at radius 3 is 2.42 bits per heavy atom. The van der Waals surface area contributed by atoms with Crippen LogP contribution in [-0.4, -0.2) is 5.11 Å². The molecule has 1 aromatic carbocycles. The van der Waals surface area contributed by atoms with E-state index in [1.165, 1.54) is 0 Å². The summed E-state index contributed by atoms with van der Waals surface area (Å²) in [6.45, 7) is 0. The second-order valence-corrected chi connectivity index (χ2v) is 3.29. The molecule has 1 N–H and O–H groups in total. The van der Waals surface area contributed by atoms with Crippen LogP contribution in [0.15, 0.2) is 12.1 Å². The molecule has 5 heteroatoms. The molecular formula is C7H4F3IO. The normalized spacial score (nSPS) is 10.8. The van der Waals surface area contributed by atoms with Gasteiger partial charge in [0.05, 0.1) is 9.13 Å². The third kappa shape index (κ3) is 1.82. The lowest BCUT2D eigenvalue weighted by atomic mass is 10.2. The van der Waals surface area contributed by atoms with E-state index in [-0.39, 0.29) is 9.32 Å². The molecule has 0 unspecified atom stereocenters. The number of alkyl halides is 2. The molecule has 0 amide bonds. The molecular weight excluding hydrogens is 284 g/mol. The first-order chi connectivity index (χ1) is 5.52. The lowest BCUT2D eigenvalue weighted by molar-refractivity contribution is 0.145. The van der Waals surface area contributed by atoms with Crippen LogP contribution in [0.4, 0.5) is 13.2 Å². The summed E-state index contributed by atoms with van der Waals surface area (Å²) in [6, 6.07) is 1.81. The lowest BCUT2D eigenvalue weighted by Crippen LogP contribution is -1.93. The van der Waals surface area contributed by atoms with Crippen LogP contribution in [0.2, 0.25) is 0 Å². The highest BCUT2D eigenvalue weighted by molar-refractivity contribution is 14.1. The SMILES string of the molecule is Oc1cc(I)c(F)c(C(F)F)c1. The van der Waals surface area contributed by atoms with E-state index >= 15 is 0 Å². The fraction of sp³-hybridized carbons (Fsp3) is 0.143. The van der Waals surface area contributed by atoms with Gasteiger partial charge in [0.25, 0.3) is 6.43 Å². The first-order valence-electron chi connectivity index (χ1n) is 2.98. The Labute approximate surface area is 80.3 Å². The number of hydrogen-bond donors (Lipinski definition) is 1. The Morgan fingerprint density at radius 1 is 1.33 bits per heavy atom. The summed E-state index contributed by atoms with van der Waals surface area (Å²) in [5.41, 5.74) is -0.764. The van der Waals surface area contributed by atoms with Crippen LogP contribution in [0.1, 0.15) is 12.0 Å².